The smallest absolute Gasteiger partial charge is 0.261 e. The number of rotatable bonds is 3. The summed E-state index contributed by atoms with van der Waals surface area (Å²) in [6.07, 6.45) is 0. The number of nitrogens with zero attached hydrogens (tertiary/aromatic N) is 1. The molecular formula is C19H13FN4O2. The molecule has 0 unspecified atom stereocenters. The van der Waals surface area contributed by atoms with Crippen LogP contribution in [-0.4, -0.2) is 15.0 Å². The van der Waals surface area contributed by atoms with E-state index < -0.39 is 16.9 Å². The fourth-order valence-electron chi connectivity index (χ4n) is 2.66. The quantitative estimate of drug-likeness (QED) is 0.530. The summed E-state index contributed by atoms with van der Waals surface area (Å²) in [5.41, 5.74) is 0.901. The van der Waals surface area contributed by atoms with Gasteiger partial charge in [0.25, 0.3) is 11.1 Å². The van der Waals surface area contributed by atoms with Gasteiger partial charge in [0.05, 0.1) is 5.39 Å². The average molecular weight is 348 g/mol. The van der Waals surface area contributed by atoms with Gasteiger partial charge < -0.3 is 10.3 Å². The molecule has 4 aromatic rings. The number of anilines is 2. The third-order valence-corrected chi connectivity index (χ3v) is 3.91. The van der Waals surface area contributed by atoms with E-state index in [0.29, 0.717) is 5.56 Å². The van der Waals surface area contributed by atoms with Crippen LogP contribution in [0.3, 0.4) is 0 Å². The summed E-state index contributed by atoms with van der Waals surface area (Å²) in [4.78, 5) is 34.3. The van der Waals surface area contributed by atoms with Crippen LogP contribution in [0.5, 0.6) is 0 Å². The number of nitrogens with one attached hydrogen (secondary N) is 3. The lowest BCUT2D eigenvalue weighted by Crippen LogP contribution is -2.17. The van der Waals surface area contributed by atoms with E-state index in [9.17, 15) is 14.0 Å². The van der Waals surface area contributed by atoms with Crippen molar-refractivity contribution in [1.29, 1.82) is 0 Å². The fourth-order valence-corrected chi connectivity index (χ4v) is 2.66. The molecule has 0 saturated heterocycles. The zero-order chi connectivity index (χ0) is 18.1. The van der Waals surface area contributed by atoms with Crippen molar-refractivity contribution in [2.24, 2.45) is 0 Å². The molecule has 0 aliphatic rings. The third kappa shape index (κ3) is 2.98. The van der Waals surface area contributed by atoms with E-state index in [2.05, 4.69) is 20.3 Å². The summed E-state index contributed by atoms with van der Waals surface area (Å²) in [6, 6.07) is 16.2. The molecular weight excluding hydrogens is 335 g/mol. The third-order valence-electron chi connectivity index (χ3n) is 3.91. The molecule has 26 heavy (non-hydrogen) atoms. The summed E-state index contributed by atoms with van der Waals surface area (Å²) in [5, 5.41) is 3.22. The van der Waals surface area contributed by atoms with Crippen LogP contribution < -0.4 is 16.4 Å². The number of H-pyrrole nitrogens is 2. The minimum absolute atomic E-state index is 0.169. The SMILES string of the molecule is O=c1[nH]c2nc(Nc3ccccc3)[nH]c(=O)c2cc1-c1ccc(F)cc1. The minimum Gasteiger partial charge on any atom is -0.326 e. The molecule has 0 saturated carbocycles. The zero-order valence-corrected chi connectivity index (χ0v) is 13.4. The lowest BCUT2D eigenvalue weighted by Gasteiger charge is -2.07. The highest BCUT2D eigenvalue weighted by Gasteiger charge is 2.10. The number of hydrogen-bond acceptors (Lipinski definition) is 4. The monoisotopic (exact) mass is 348 g/mol. The van der Waals surface area contributed by atoms with E-state index in [1.807, 2.05) is 30.3 Å². The van der Waals surface area contributed by atoms with Crippen molar-refractivity contribution in [2.75, 3.05) is 5.32 Å². The van der Waals surface area contributed by atoms with Gasteiger partial charge in [-0.25, -0.2) is 4.39 Å². The van der Waals surface area contributed by atoms with Crippen LogP contribution in [-0.2, 0) is 0 Å². The molecule has 128 valence electrons. The van der Waals surface area contributed by atoms with Crippen molar-refractivity contribution in [2.45, 2.75) is 0 Å². The van der Waals surface area contributed by atoms with Crippen molar-refractivity contribution < 1.29 is 4.39 Å². The maximum atomic E-state index is 13.1. The lowest BCUT2D eigenvalue weighted by atomic mass is 10.1. The number of hydrogen-bond donors (Lipinski definition) is 3. The molecule has 0 atom stereocenters. The van der Waals surface area contributed by atoms with Crippen LogP contribution in [0.2, 0.25) is 0 Å². The summed E-state index contributed by atoms with van der Waals surface area (Å²) in [7, 11) is 0. The van der Waals surface area contributed by atoms with Gasteiger partial charge >= 0.3 is 0 Å². The van der Waals surface area contributed by atoms with E-state index in [1.54, 1.807) is 0 Å². The predicted molar refractivity (Wildman–Crippen MR) is 98.1 cm³/mol. The van der Waals surface area contributed by atoms with Gasteiger partial charge in [-0.2, -0.15) is 4.98 Å². The Bertz CT molecular complexity index is 1200. The molecule has 3 N–H and O–H groups in total. The van der Waals surface area contributed by atoms with Crippen LogP contribution in [0.15, 0.2) is 70.3 Å². The van der Waals surface area contributed by atoms with E-state index in [0.717, 1.165) is 5.69 Å². The van der Waals surface area contributed by atoms with Crippen LogP contribution in [0.4, 0.5) is 16.0 Å². The van der Waals surface area contributed by atoms with Crippen LogP contribution in [0.1, 0.15) is 0 Å². The molecule has 0 bridgehead atoms. The number of aromatic amines is 2. The Morgan fingerprint density at radius 3 is 2.35 bits per heavy atom. The average Bonchev–Trinajstić information content (AvgIpc) is 2.63. The first-order valence-electron chi connectivity index (χ1n) is 7.85. The van der Waals surface area contributed by atoms with Gasteiger partial charge in [-0.05, 0) is 35.9 Å². The van der Waals surface area contributed by atoms with Gasteiger partial charge in [0, 0.05) is 11.3 Å². The maximum absolute atomic E-state index is 13.1. The number of fused-ring (bicyclic) bond motifs is 1. The first-order valence-corrected chi connectivity index (χ1v) is 7.85. The second-order valence-electron chi connectivity index (χ2n) is 5.69. The molecule has 0 spiro atoms. The molecule has 0 amide bonds. The van der Waals surface area contributed by atoms with Gasteiger partial charge in [-0.15, -0.1) is 0 Å². The highest BCUT2D eigenvalue weighted by atomic mass is 19.1. The Kier molecular flexibility index (Phi) is 3.81. The standard InChI is InChI=1S/C19H13FN4O2/c20-12-8-6-11(7-9-12)14-10-15-16(22-17(14)25)23-19(24-18(15)26)21-13-4-2-1-3-5-13/h1-10H,(H3,21,22,23,24,25,26). The van der Waals surface area contributed by atoms with E-state index in [4.69, 9.17) is 0 Å². The lowest BCUT2D eigenvalue weighted by molar-refractivity contribution is 0.628. The molecule has 6 nitrogen and oxygen atoms in total. The predicted octanol–water partition coefficient (Wildman–Crippen LogP) is 3.16. The number of aromatic nitrogens is 3. The number of halogens is 1. The second kappa shape index (κ2) is 6.29. The number of benzene rings is 2. The highest BCUT2D eigenvalue weighted by Crippen LogP contribution is 2.18. The Morgan fingerprint density at radius 1 is 0.885 bits per heavy atom. The Morgan fingerprint density at radius 2 is 1.62 bits per heavy atom. The first kappa shape index (κ1) is 15.8. The van der Waals surface area contributed by atoms with Crippen molar-refractivity contribution >= 4 is 22.7 Å². The summed E-state index contributed by atoms with van der Waals surface area (Å²) in [6.45, 7) is 0. The summed E-state index contributed by atoms with van der Waals surface area (Å²) in [5.74, 6) is -0.180. The van der Waals surface area contributed by atoms with Gasteiger partial charge in [-0.3, -0.25) is 14.6 Å². The molecule has 0 radical (unpaired) electrons. The van der Waals surface area contributed by atoms with Crippen molar-refractivity contribution in [3.8, 4) is 11.1 Å². The second-order valence-corrected chi connectivity index (χ2v) is 5.69. The normalized spacial score (nSPS) is 10.8. The van der Waals surface area contributed by atoms with Gasteiger partial charge in [-0.1, -0.05) is 30.3 Å². The highest BCUT2D eigenvalue weighted by molar-refractivity contribution is 5.81. The van der Waals surface area contributed by atoms with E-state index in [1.165, 1.54) is 30.3 Å². The number of para-hydroxylation sites is 1. The number of pyridine rings is 1. The van der Waals surface area contributed by atoms with Crippen LogP contribution >= 0.6 is 0 Å². The Hall–Kier alpha value is -3.74. The first-order chi connectivity index (χ1) is 12.6. The minimum atomic E-state index is -0.409. The molecule has 0 aliphatic heterocycles. The topological polar surface area (TPSA) is 90.6 Å². The molecule has 0 fully saturated rings. The summed E-state index contributed by atoms with van der Waals surface area (Å²) < 4.78 is 13.1. The fraction of sp³-hybridized carbons (Fsp3) is 0. The van der Waals surface area contributed by atoms with Crippen molar-refractivity contribution in [3.05, 3.63) is 87.2 Å². The Labute approximate surface area is 146 Å². The molecule has 4 rings (SSSR count). The largest absolute Gasteiger partial charge is 0.326 e. The molecule has 2 aromatic heterocycles. The zero-order valence-electron chi connectivity index (χ0n) is 13.4. The van der Waals surface area contributed by atoms with Crippen LogP contribution in [0, 0.1) is 5.82 Å². The summed E-state index contributed by atoms with van der Waals surface area (Å²) >= 11 is 0. The van der Waals surface area contributed by atoms with Gasteiger partial charge in [0.1, 0.15) is 11.5 Å². The molecule has 2 heterocycles. The van der Waals surface area contributed by atoms with Crippen molar-refractivity contribution in [1.82, 2.24) is 15.0 Å². The van der Waals surface area contributed by atoms with E-state index in [-0.39, 0.29) is 22.5 Å². The maximum Gasteiger partial charge on any atom is 0.261 e. The van der Waals surface area contributed by atoms with E-state index >= 15 is 0 Å². The van der Waals surface area contributed by atoms with Crippen molar-refractivity contribution in [3.63, 3.8) is 0 Å². The van der Waals surface area contributed by atoms with Gasteiger partial charge in [0.15, 0.2) is 0 Å². The molecule has 7 heteroatoms. The van der Waals surface area contributed by atoms with Crippen LogP contribution in [0.25, 0.3) is 22.2 Å². The van der Waals surface area contributed by atoms with Gasteiger partial charge in [0.2, 0.25) is 5.95 Å². The Balaban J connectivity index is 1.81. The molecule has 2 aromatic carbocycles. The molecule has 0 aliphatic carbocycles.